The smallest absolute Gasteiger partial charge is 0.167 e. The van der Waals surface area contributed by atoms with E-state index in [9.17, 15) is 10.2 Å². The molecule has 4 N–H and O–H groups in total. The van der Waals surface area contributed by atoms with Crippen LogP contribution in [0.25, 0.3) is 11.2 Å². The van der Waals surface area contributed by atoms with Gasteiger partial charge in [0.15, 0.2) is 20.5 Å². The lowest BCUT2D eigenvalue weighted by Crippen LogP contribution is -2.28. The van der Waals surface area contributed by atoms with Crippen molar-refractivity contribution in [2.45, 2.75) is 70.5 Å². The molecule has 0 aromatic carbocycles. The first kappa shape index (κ1) is 29.6. The highest BCUT2D eigenvalue weighted by Gasteiger charge is 2.42. The Hall–Kier alpha value is -1.65. The predicted molar refractivity (Wildman–Crippen MR) is 139 cm³/mol. The highest BCUT2D eigenvalue weighted by atomic mass is 35.5. The molecular formula is C23H37ClN5O5P. The van der Waals surface area contributed by atoms with Crippen molar-refractivity contribution in [1.29, 1.82) is 0 Å². The van der Waals surface area contributed by atoms with E-state index in [1.165, 1.54) is 6.33 Å². The Kier molecular flexibility index (Phi) is 12.5. The molecule has 1 saturated heterocycles. The van der Waals surface area contributed by atoms with E-state index in [0.717, 1.165) is 5.57 Å². The van der Waals surface area contributed by atoms with Crippen molar-refractivity contribution in [3.63, 3.8) is 0 Å². The number of aliphatic hydroxyl groups excluding tert-OH is 2. The molecule has 0 spiro atoms. The van der Waals surface area contributed by atoms with Crippen molar-refractivity contribution >= 4 is 37.6 Å². The van der Waals surface area contributed by atoms with Crippen LogP contribution in [0.1, 0.15) is 46.8 Å². The van der Waals surface area contributed by atoms with E-state index < -0.39 is 24.5 Å². The van der Waals surface area contributed by atoms with Gasteiger partial charge in [-0.15, -0.1) is 18.2 Å². The molecule has 1 fully saturated rings. The van der Waals surface area contributed by atoms with Gasteiger partial charge in [-0.25, -0.2) is 15.0 Å². The molecule has 3 heterocycles. The highest BCUT2D eigenvalue weighted by Crippen LogP contribution is 2.37. The van der Waals surface area contributed by atoms with Crippen LogP contribution in [0.4, 0.5) is 5.82 Å². The molecule has 2 aromatic heterocycles. The van der Waals surface area contributed by atoms with Crippen LogP contribution in [0, 0.1) is 5.92 Å². The number of nitrogens with two attached hydrogens (primary N) is 1. The van der Waals surface area contributed by atoms with Gasteiger partial charge in [0.05, 0.1) is 37.1 Å². The fraction of sp³-hybridized carbons (Fsp3) is 0.609. The summed E-state index contributed by atoms with van der Waals surface area (Å²) in [6, 6.07) is 0. The SMILES string of the molecule is C=CC(Cl)C/C(=C\C)C(O)CCOPOCC1OC(n2cnc3c(N)ncnc32)C(C)C1O.CC. The number of ether oxygens (including phenoxy) is 1. The van der Waals surface area contributed by atoms with Crippen molar-refractivity contribution in [3.8, 4) is 0 Å². The molecule has 1 aliphatic heterocycles. The number of alkyl halides is 1. The van der Waals surface area contributed by atoms with Crippen molar-refractivity contribution in [1.82, 2.24) is 19.5 Å². The van der Waals surface area contributed by atoms with Crippen molar-refractivity contribution in [2.75, 3.05) is 18.9 Å². The van der Waals surface area contributed by atoms with Crippen molar-refractivity contribution < 1.29 is 24.0 Å². The maximum Gasteiger partial charge on any atom is 0.167 e. The van der Waals surface area contributed by atoms with Gasteiger partial charge in [0.2, 0.25) is 0 Å². The summed E-state index contributed by atoms with van der Waals surface area (Å²) in [5.41, 5.74) is 7.75. The molecule has 0 amide bonds. The minimum Gasteiger partial charge on any atom is -0.390 e. The Morgan fingerprint density at radius 1 is 1.37 bits per heavy atom. The second-order valence-electron chi connectivity index (χ2n) is 7.86. The minimum absolute atomic E-state index is 0.167. The third-order valence-electron chi connectivity index (χ3n) is 5.69. The summed E-state index contributed by atoms with van der Waals surface area (Å²) in [4.78, 5) is 12.4. The standard InChI is InChI=1S/C21H31ClN5O5P.C2H6/c1-4-13(8-14(22)5-2)15(28)6-7-30-33-31-9-16-18(29)12(3)21(32-16)27-11-26-17-19(23)24-10-25-20(17)27;1-2/h4-5,10-12,14-16,18,21,28-29,33H,2,6-9H2,1,3H3,(H2,23,24,25);1-2H3/b13-4+;. The van der Waals surface area contributed by atoms with E-state index in [1.807, 2.05) is 33.8 Å². The van der Waals surface area contributed by atoms with Gasteiger partial charge >= 0.3 is 0 Å². The third kappa shape index (κ3) is 7.67. The number of imidazole rings is 1. The number of hydrogen-bond acceptors (Lipinski definition) is 9. The molecule has 7 unspecified atom stereocenters. The average Bonchev–Trinajstić information content (AvgIpc) is 3.42. The number of fused-ring (bicyclic) bond motifs is 1. The fourth-order valence-electron chi connectivity index (χ4n) is 3.71. The summed E-state index contributed by atoms with van der Waals surface area (Å²) >= 11 is 6.08. The van der Waals surface area contributed by atoms with E-state index in [-0.39, 0.29) is 32.8 Å². The molecule has 0 bridgehead atoms. The molecule has 3 rings (SSSR count). The van der Waals surface area contributed by atoms with Gasteiger partial charge in [-0.05, 0) is 18.9 Å². The molecule has 7 atom stereocenters. The number of aromatic nitrogens is 4. The Labute approximate surface area is 213 Å². The number of nitrogens with zero attached hydrogens (tertiary/aromatic N) is 4. The largest absolute Gasteiger partial charge is 0.390 e. The number of allylic oxidation sites excluding steroid dienone is 2. The zero-order valence-corrected chi connectivity index (χ0v) is 22.4. The van der Waals surface area contributed by atoms with Gasteiger partial charge in [-0.1, -0.05) is 32.9 Å². The number of nitrogen functional groups attached to an aromatic ring is 1. The number of rotatable bonds is 12. The minimum atomic E-state index is -0.733. The first-order valence-corrected chi connectivity index (χ1v) is 13.0. The van der Waals surface area contributed by atoms with Crippen molar-refractivity contribution in [2.24, 2.45) is 5.92 Å². The number of hydrogen-bond donors (Lipinski definition) is 3. The Bertz CT molecular complexity index is 962. The topological polar surface area (TPSA) is 138 Å². The second-order valence-corrected chi connectivity index (χ2v) is 9.17. The Balaban J connectivity index is 0.00000210. The summed E-state index contributed by atoms with van der Waals surface area (Å²) in [7, 11) is -0.242. The summed E-state index contributed by atoms with van der Waals surface area (Å²) in [6.07, 6.45) is 5.08. The monoisotopic (exact) mass is 529 g/mol. The number of halogens is 1. The Morgan fingerprint density at radius 3 is 2.80 bits per heavy atom. The van der Waals surface area contributed by atoms with E-state index in [1.54, 1.807) is 17.0 Å². The van der Waals surface area contributed by atoms with Gasteiger partial charge in [0.25, 0.3) is 0 Å². The third-order valence-corrected chi connectivity index (χ3v) is 6.63. The predicted octanol–water partition coefficient (Wildman–Crippen LogP) is 3.75. The lowest BCUT2D eigenvalue weighted by molar-refractivity contribution is -0.0393. The molecule has 0 radical (unpaired) electrons. The first-order valence-electron chi connectivity index (χ1n) is 11.7. The van der Waals surface area contributed by atoms with Crippen LogP contribution in [-0.2, 0) is 13.8 Å². The molecular weight excluding hydrogens is 493 g/mol. The van der Waals surface area contributed by atoms with Gasteiger partial charge in [0, 0.05) is 12.3 Å². The van der Waals surface area contributed by atoms with Gasteiger partial charge < -0.3 is 29.7 Å². The van der Waals surface area contributed by atoms with Crippen LogP contribution < -0.4 is 5.73 Å². The molecule has 2 aromatic rings. The molecule has 0 saturated carbocycles. The molecule has 10 nitrogen and oxygen atoms in total. The summed E-state index contributed by atoms with van der Waals surface area (Å²) in [6.45, 7) is 11.9. The first-order chi connectivity index (χ1) is 16.9. The van der Waals surface area contributed by atoms with Crippen LogP contribution >= 0.6 is 20.6 Å². The quantitative estimate of drug-likeness (QED) is 0.162. The van der Waals surface area contributed by atoms with E-state index in [4.69, 9.17) is 31.1 Å². The van der Waals surface area contributed by atoms with Crippen LogP contribution in [0.15, 0.2) is 37.0 Å². The van der Waals surface area contributed by atoms with Crippen LogP contribution in [-0.4, -0.2) is 66.6 Å². The number of anilines is 1. The average molecular weight is 530 g/mol. The maximum atomic E-state index is 10.6. The van der Waals surface area contributed by atoms with Gasteiger partial charge in [-0.3, -0.25) is 4.57 Å². The fourth-order valence-corrected chi connectivity index (χ4v) is 4.41. The summed E-state index contributed by atoms with van der Waals surface area (Å²) < 4.78 is 18.9. The second kappa shape index (κ2) is 14.8. The molecule has 196 valence electrons. The van der Waals surface area contributed by atoms with E-state index >= 15 is 0 Å². The van der Waals surface area contributed by atoms with E-state index in [2.05, 4.69) is 21.5 Å². The Morgan fingerprint density at radius 2 is 2.11 bits per heavy atom. The van der Waals surface area contributed by atoms with Crippen LogP contribution in [0.5, 0.6) is 0 Å². The molecule has 35 heavy (non-hydrogen) atoms. The lowest BCUT2D eigenvalue weighted by Gasteiger charge is -2.17. The van der Waals surface area contributed by atoms with E-state index in [0.29, 0.717) is 30.6 Å². The van der Waals surface area contributed by atoms with Crippen LogP contribution in [0.2, 0.25) is 0 Å². The van der Waals surface area contributed by atoms with Crippen LogP contribution in [0.3, 0.4) is 0 Å². The van der Waals surface area contributed by atoms with Gasteiger partial charge in [0.1, 0.15) is 24.2 Å². The molecule has 0 aliphatic carbocycles. The zero-order chi connectivity index (χ0) is 26.0. The molecule has 12 heteroatoms. The highest BCUT2D eigenvalue weighted by molar-refractivity contribution is 7.26. The normalized spacial score (nSPS) is 24.5. The summed E-state index contributed by atoms with van der Waals surface area (Å²) in [5.74, 6) is 0.0743. The number of aliphatic hydroxyl groups is 2. The van der Waals surface area contributed by atoms with Crippen molar-refractivity contribution in [3.05, 3.63) is 37.0 Å². The zero-order valence-electron chi connectivity index (χ0n) is 20.7. The van der Waals surface area contributed by atoms with Gasteiger partial charge in [-0.2, -0.15) is 0 Å². The summed E-state index contributed by atoms with van der Waals surface area (Å²) in [5, 5.41) is 20.7. The molecule has 1 aliphatic rings. The maximum absolute atomic E-state index is 10.6. The lowest BCUT2D eigenvalue weighted by atomic mass is 10.0.